The van der Waals surface area contributed by atoms with Gasteiger partial charge in [-0.1, -0.05) is 6.07 Å². The molecule has 0 aromatic heterocycles. The number of benzene rings is 1. The van der Waals surface area contributed by atoms with E-state index < -0.39 is 11.8 Å². The summed E-state index contributed by atoms with van der Waals surface area (Å²) in [7, 11) is 0. The molecule has 1 aromatic rings. The van der Waals surface area contributed by atoms with Gasteiger partial charge in [0.05, 0.1) is 0 Å². The number of cyclic esters (lactones) is 1. The number of aromatic hydroxyl groups is 1. The Morgan fingerprint density at radius 1 is 1.27 bits per heavy atom. The Morgan fingerprint density at radius 2 is 1.93 bits per heavy atom. The van der Waals surface area contributed by atoms with Crippen LogP contribution in [0.15, 0.2) is 12.1 Å². The second kappa shape index (κ2) is 2.89. The summed E-state index contributed by atoms with van der Waals surface area (Å²) in [5.41, 5.74) is 1.03. The zero-order valence-electron chi connectivity index (χ0n) is 8.83. The Balaban J connectivity index is 2.64. The van der Waals surface area contributed by atoms with E-state index in [4.69, 9.17) is 9.47 Å². The molecule has 0 saturated heterocycles. The van der Waals surface area contributed by atoms with Crippen LogP contribution < -0.4 is 4.74 Å². The second-order valence-corrected chi connectivity index (χ2v) is 4.00. The molecule has 0 radical (unpaired) electrons. The fourth-order valence-electron chi connectivity index (χ4n) is 1.57. The molecule has 0 atom stereocenters. The van der Waals surface area contributed by atoms with Gasteiger partial charge in [-0.2, -0.15) is 0 Å². The molecule has 0 spiro atoms. The van der Waals surface area contributed by atoms with Crippen LogP contribution in [0.25, 0.3) is 0 Å². The summed E-state index contributed by atoms with van der Waals surface area (Å²) in [4.78, 5) is 11.7. The maximum atomic E-state index is 11.7. The van der Waals surface area contributed by atoms with Crippen LogP contribution in [0.5, 0.6) is 11.5 Å². The van der Waals surface area contributed by atoms with Crippen molar-refractivity contribution < 1.29 is 19.4 Å². The van der Waals surface area contributed by atoms with Crippen molar-refractivity contribution in [3.8, 4) is 11.5 Å². The number of aryl methyl sites for hydroxylation is 1. The van der Waals surface area contributed by atoms with E-state index in [1.807, 2.05) is 0 Å². The first-order valence-corrected chi connectivity index (χ1v) is 4.65. The first-order valence-electron chi connectivity index (χ1n) is 4.65. The summed E-state index contributed by atoms with van der Waals surface area (Å²) in [6.45, 7) is 5.01. The molecule has 0 amide bonds. The molecular formula is C11H12O4. The minimum Gasteiger partial charge on any atom is -0.504 e. The summed E-state index contributed by atoms with van der Waals surface area (Å²) < 4.78 is 10.5. The van der Waals surface area contributed by atoms with Gasteiger partial charge in [0.1, 0.15) is 5.56 Å². The van der Waals surface area contributed by atoms with E-state index in [1.165, 1.54) is 6.07 Å². The van der Waals surface area contributed by atoms with Crippen molar-refractivity contribution in [3.63, 3.8) is 0 Å². The second-order valence-electron chi connectivity index (χ2n) is 4.00. The molecule has 0 bridgehead atoms. The van der Waals surface area contributed by atoms with Crippen LogP contribution in [0.4, 0.5) is 0 Å². The molecular weight excluding hydrogens is 196 g/mol. The van der Waals surface area contributed by atoms with Crippen molar-refractivity contribution >= 4 is 5.97 Å². The van der Waals surface area contributed by atoms with Crippen LogP contribution in [0, 0.1) is 6.92 Å². The number of hydrogen-bond donors (Lipinski definition) is 1. The number of fused-ring (bicyclic) bond motifs is 1. The highest BCUT2D eigenvalue weighted by molar-refractivity contribution is 5.96. The molecule has 4 heteroatoms. The first kappa shape index (κ1) is 9.83. The number of ether oxygens (including phenoxy) is 2. The molecule has 1 N–H and O–H groups in total. The van der Waals surface area contributed by atoms with Gasteiger partial charge in [-0.05, 0) is 18.6 Å². The number of hydrogen-bond acceptors (Lipinski definition) is 4. The van der Waals surface area contributed by atoms with Crippen LogP contribution >= 0.6 is 0 Å². The lowest BCUT2D eigenvalue weighted by Gasteiger charge is -2.32. The molecule has 1 heterocycles. The molecule has 15 heavy (non-hydrogen) atoms. The summed E-state index contributed by atoms with van der Waals surface area (Å²) in [6, 6.07) is 3.15. The summed E-state index contributed by atoms with van der Waals surface area (Å²) in [5.74, 6) is -1.33. The van der Waals surface area contributed by atoms with Crippen LogP contribution in [0.1, 0.15) is 29.8 Å². The Bertz CT molecular complexity index is 434. The maximum absolute atomic E-state index is 11.7. The molecule has 0 aliphatic carbocycles. The van der Waals surface area contributed by atoms with Crippen molar-refractivity contribution in [1.29, 1.82) is 0 Å². The van der Waals surface area contributed by atoms with Crippen molar-refractivity contribution in [1.82, 2.24) is 0 Å². The Morgan fingerprint density at radius 3 is 2.60 bits per heavy atom. The summed E-state index contributed by atoms with van der Waals surface area (Å²) >= 11 is 0. The highest BCUT2D eigenvalue weighted by atomic mass is 16.7. The predicted molar refractivity (Wildman–Crippen MR) is 53.0 cm³/mol. The van der Waals surface area contributed by atoms with E-state index in [0.29, 0.717) is 5.56 Å². The van der Waals surface area contributed by atoms with Gasteiger partial charge in [0.25, 0.3) is 0 Å². The van der Waals surface area contributed by atoms with Crippen molar-refractivity contribution in [3.05, 3.63) is 23.3 Å². The number of carbonyl (C=O) groups excluding carboxylic acids is 1. The average molecular weight is 208 g/mol. The van der Waals surface area contributed by atoms with Gasteiger partial charge in [0.2, 0.25) is 5.79 Å². The van der Waals surface area contributed by atoms with Crippen LogP contribution in [0.3, 0.4) is 0 Å². The Kier molecular flexibility index (Phi) is 1.89. The topological polar surface area (TPSA) is 55.8 Å². The lowest BCUT2D eigenvalue weighted by Crippen LogP contribution is -2.39. The molecule has 80 valence electrons. The van der Waals surface area contributed by atoms with Crippen molar-refractivity contribution in [2.45, 2.75) is 26.6 Å². The third kappa shape index (κ3) is 1.52. The quantitative estimate of drug-likeness (QED) is 0.662. The number of esters is 1. The third-order valence-electron chi connectivity index (χ3n) is 2.24. The van der Waals surface area contributed by atoms with Gasteiger partial charge < -0.3 is 14.6 Å². The standard InChI is InChI=1S/C11H12O4/c1-6-4-5-7(12)9-8(6)10(13)15-11(2,3)14-9/h4-5,12H,1-3H3. The largest absolute Gasteiger partial charge is 0.504 e. The number of carbonyl (C=O) groups is 1. The first-order chi connectivity index (χ1) is 6.91. The molecule has 1 aliphatic rings. The van der Waals surface area contributed by atoms with Gasteiger partial charge in [0.15, 0.2) is 11.5 Å². The molecule has 1 aromatic carbocycles. The van der Waals surface area contributed by atoms with Crippen LogP contribution in [0.2, 0.25) is 0 Å². The molecule has 1 aliphatic heterocycles. The normalized spacial score (nSPS) is 17.7. The summed E-state index contributed by atoms with van der Waals surface area (Å²) in [5, 5.41) is 9.60. The lowest BCUT2D eigenvalue weighted by atomic mass is 10.1. The molecule has 0 fully saturated rings. The highest BCUT2D eigenvalue weighted by Gasteiger charge is 2.36. The van der Waals surface area contributed by atoms with Gasteiger partial charge in [-0.3, -0.25) is 0 Å². The van der Waals surface area contributed by atoms with E-state index in [0.717, 1.165) is 5.56 Å². The zero-order chi connectivity index (χ0) is 11.2. The SMILES string of the molecule is Cc1ccc(O)c2c1C(=O)OC(C)(C)O2. The van der Waals surface area contributed by atoms with E-state index in [2.05, 4.69) is 0 Å². The molecule has 0 unspecified atom stereocenters. The van der Waals surface area contributed by atoms with Gasteiger partial charge in [-0.15, -0.1) is 0 Å². The van der Waals surface area contributed by atoms with E-state index in [-0.39, 0.29) is 11.5 Å². The molecule has 0 saturated carbocycles. The minimum absolute atomic E-state index is 0.0414. The average Bonchev–Trinajstić information content (AvgIpc) is 2.09. The monoisotopic (exact) mass is 208 g/mol. The zero-order valence-corrected chi connectivity index (χ0v) is 8.83. The smallest absolute Gasteiger partial charge is 0.345 e. The van der Waals surface area contributed by atoms with Crippen LogP contribution in [-0.4, -0.2) is 16.9 Å². The highest BCUT2D eigenvalue weighted by Crippen LogP contribution is 2.39. The molecule has 4 nitrogen and oxygen atoms in total. The molecule has 2 rings (SSSR count). The fraction of sp³-hybridized carbons (Fsp3) is 0.364. The Hall–Kier alpha value is -1.71. The van der Waals surface area contributed by atoms with Crippen molar-refractivity contribution in [2.24, 2.45) is 0 Å². The number of rotatable bonds is 0. The number of phenols is 1. The van der Waals surface area contributed by atoms with Crippen molar-refractivity contribution in [2.75, 3.05) is 0 Å². The van der Waals surface area contributed by atoms with Crippen LogP contribution in [-0.2, 0) is 4.74 Å². The Labute approximate surface area is 87.4 Å². The number of phenolic OH excluding ortho intramolecular Hbond substituents is 1. The lowest BCUT2D eigenvalue weighted by molar-refractivity contribution is -0.128. The van der Waals surface area contributed by atoms with E-state index in [1.54, 1.807) is 26.8 Å². The van der Waals surface area contributed by atoms with Gasteiger partial charge in [-0.25, -0.2) is 4.79 Å². The predicted octanol–water partition coefficient (Wildman–Crippen LogP) is 1.99. The maximum Gasteiger partial charge on any atom is 0.345 e. The third-order valence-corrected chi connectivity index (χ3v) is 2.24. The minimum atomic E-state index is -1.03. The van der Waals surface area contributed by atoms with Gasteiger partial charge >= 0.3 is 5.97 Å². The fourth-order valence-corrected chi connectivity index (χ4v) is 1.57. The van der Waals surface area contributed by atoms with Gasteiger partial charge in [0, 0.05) is 13.8 Å². The van der Waals surface area contributed by atoms with E-state index in [9.17, 15) is 9.90 Å². The summed E-state index contributed by atoms with van der Waals surface area (Å²) in [6.07, 6.45) is 0. The van der Waals surface area contributed by atoms with E-state index >= 15 is 0 Å².